The van der Waals surface area contributed by atoms with Gasteiger partial charge >= 0.3 is 11.6 Å². The largest absolute Gasteiger partial charge is 0.479 e. The van der Waals surface area contributed by atoms with Crippen LogP contribution in [0.25, 0.3) is 16.7 Å². The van der Waals surface area contributed by atoms with Gasteiger partial charge in [-0.2, -0.15) is 10.1 Å². The number of aromatic nitrogens is 7. The van der Waals surface area contributed by atoms with Gasteiger partial charge in [0, 0.05) is 25.4 Å². The van der Waals surface area contributed by atoms with Crippen LogP contribution in [0.5, 0.6) is 11.8 Å². The van der Waals surface area contributed by atoms with E-state index in [0.717, 1.165) is 16.6 Å². The van der Waals surface area contributed by atoms with Gasteiger partial charge in [-0.05, 0) is 44.0 Å². The molecule has 4 rings (SSSR count). The van der Waals surface area contributed by atoms with Crippen LogP contribution in [-0.2, 0) is 6.54 Å². The highest BCUT2D eigenvalue weighted by molar-refractivity contribution is 6.28. The lowest BCUT2D eigenvalue weighted by atomic mass is 10.3. The molecule has 0 radical (unpaired) electrons. The maximum absolute atomic E-state index is 11.7. The number of halogens is 1. The van der Waals surface area contributed by atoms with E-state index in [2.05, 4.69) is 25.1 Å². The number of methoxy groups -OCH3 is 1. The van der Waals surface area contributed by atoms with E-state index in [-0.39, 0.29) is 23.5 Å². The van der Waals surface area contributed by atoms with E-state index >= 15 is 0 Å². The van der Waals surface area contributed by atoms with Crippen LogP contribution in [0.2, 0.25) is 5.28 Å². The third-order valence-corrected chi connectivity index (χ3v) is 5.21. The lowest BCUT2D eigenvalue weighted by molar-refractivity contribution is -0.386. The number of nitro groups is 1. The Hall–Kier alpha value is -3.80. The topological polar surface area (TPSA) is 136 Å². The van der Waals surface area contributed by atoms with E-state index in [9.17, 15) is 10.1 Å². The summed E-state index contributed by atoms with van der Waals surface area (Å²) in [4.78, 5) is 23.7. The van der Waals surface area contributed by atoms with Crippen molar-refractivity contribution in [2.45, 2.75) is 33.7 Å². The Morgan fingerprint density at radius 3 is 2.67 bits per heavy atom. The molecule has 172 valence electrons. The fourth-order valence-electron chi connectivity index (χ4n) is 3.49. The van der Waals surface area contributed by atoms with Crippen LogP contribution in [0.15, 0.2) is 18.5 Å². The predicted octanol–water partition coefficient (Wildman–Crippen LogP) is 3.37. The van der Waals surface area contributed by atoms with Gasteiger partial charge in [0.1, 0.15) is 11.4 Å². The standard InChI is InChI=1S/C20H21ClN8O4/c1-11-8-15(18(32-4)22-9-11)28-13(3)16(29(30)31)19(26-28)33-7-5-6-27-17-14(12(2)25-27)10-23-20(21)24-17/h8-10H,5-7H2,1-4H3. The number of hydrogen-bond donors (Lipinski definition) is 0. The van der Waals surface area contributed by atoms with Crippen LogP contribution < -0.4 is 9.47 Å². The summed E-state index contributed by atoms with van der Waals surface area (Å²) in [5.74, 6) is 0.224. The van der Waals surface area contributed by atoms with Gasteiger partial charge in [-0.25, -0.2) is 19.3 Å². The van der Waals surface area contributed by atoms with Gasteiger partial charge in [0.05, 0.1) is 29.7 Å². The molecule has 0 amide bonds. The van der Waals surface area contributed by atoms with Crippen molar-refractivity contribution in [3.63, 3.8) is 0 Å². The molecule has 0 fully saturated rings. The molecule has 12 nitrogen and oxygen atoms in total. The number of fused-ring (bicyclic) bond motifs is 1. The second-order valence-electron chi connectivity index (χ2n) is 7.34. The van der Waals surface area contributed by atoms with Crippen molar-refractivity contribution in [2.24, 2.45) is 0 Å². The molecular formula is C20H21ClN8O4. The molecular weight excluding hydrogens is 452 g/mol. The minimum Gasteiger partial charge on any atom is -0.479 e. The minimum atomic E-state index is -0.507. The SMILES string of the molecule is COc1ncc(C)cc1-n1nc(OCCCn2nc(C)c3cnc(Cl)nc32)c([N+](=O)[O-])c1C. The van der Waals surface area contributed by atoms with E-state index < -0.39 is 4.92 Å². The molecule has 4 aromatic heterocycles. The van der Waals surface area contributed by atoms with Gasteiger partial charge in [0.25, 0.3) is 0 Å². The molecule has 33 heavy (non-hydrogen) atoms. The Kier molecular flexibility index (Phi) is 6.09. The van der Waals surface area contributed by atoms with Crippen molar-refractivity contribution in [1.82, 2.24) is 34.5 Å². The second kappa shape index (κ2) is 8.98. The Bertz CT molecular complexity index is 1350. The van der Waals surface area contributed by atoms with Crippen LogP contribution in [0.4, 0.5) is 5.69 Å². The fourth-order valence-corrected chi connectivity index (χ4v) is 3.61. The van der Waals surface area contributed by atoms with Gasteiger partial charge in [0.2, 0.25) is 11.2 Å². The Balaban J connectivity index is 1.55. The Labute approximate surface area is 193 Å². The van der Waals surface area contributed by atoms with Crippen LogP contribution >= 0.6 is 11.6 Å². The fraction of sp³-hybridized carbons (Fsp3) is 0.350. The first-order chi connectivity index (χ1) is 15.8. The van der Waals surface area contributed by atoms with Crippen molar-refractivity contribution < 1.29 is 14.4 Å². The highest BCUT2D eigenvalue weighted by atomic mass is 35.5. The first kappa shape index (κ1) is 22.4. The maximum Gasteiger partial charge on any atom is 0.353 e. The average molecular weight is 473 g/mol. The molecule has 4 aromatic rings. The molecule has 0 saturated carbocycles. The molecule has 0 bridgehead atoms. The third-order valence-electron chi connectivity index (χ3n) is 5.02. The van der Waals surface area contributed by atoms with E-state index in [4.69, 9.17) is 21.1 Å². The number of hydrogen-bond acceptors (Lipinski definition) is 9. The monoisotopic (exact) mass is 472 g/mol. The van der Waals surface area contributed by atoms with Crippen LogP contribution in [0, 0.1) is 30.9 Å². The average Bonchev–Trinajstić information content (AvgIpc) is 3.27. The molecule has 0 aromatic carbocycles. The smallest absolute Gasteiger partial charge is 0.353 e. The summed E-state index contributed by atoms with van der Waals surface area (Å²) >= 11 is 5.91. The number of ether oxygens (including phenoxy) is 2. The van der Waals surface area contributed by atoms with E-state index in [1.807, 2.05) is 13.8 Å². The first-order valence-electron chi connectivity index (χ1n) is 10.0. The molecule has 4 heterocycles. The van der Waals surface area contributed by atoms with Crippen molar-refractivity contribution in [1.29, 1.82) is 0 Å². The normalized spacial score (nSPS) is 11.2. The second-order valence-corrected chi connectivity index (χ2v) is 7.67. The van der Waals surface area contributed by atoms with E-state index in [1.165, 1.54) is 11.8 Å². The molecule has 0 aliphatic carbocycles. The van der Waals surface area contributed by atoms with Gasteiger partial charge in [0.15, 0.2) is 5.65 Å². The van der Waals surface area contributed by atoms with Crippen LogP contribution in [0.3, 0.4) is 0 Å². The Morgan fingerprint density at radius 2 is 1.94 bits per heavy atom. The maximum atomic E-state index is 11.7. The van der Waals surface area contributed by atoms with Gasteiger partial charge in [-0.1, -0.05) is 0 Å². The molecule has 0 aliphatic rings. The van der Waals surface area contributed by atoms with Crippen molar-refractivity contribution in [2.75, 3.05) is 13.7 Å². The number of pyridine rings is 1. The summed E-state index contributed by atoms with van der Waals surface area (Å²) in [5.41, 5.74) is 2.85. The summed E-state index contributed by atoms with van der Waals surface area (Å²) in [5, 5.41) is 21.5. The van der Waals surface area contributed by atoms with Crippen molar-refractivity contribution in [3.8, 4) is 17.4 Å². The summed E-state index contributed by atoms with van der Waals surface area (Å²) in [6.45, 7) is 5.97. The van der Waals surface area contributed by atoms with E-state index in [0.29, 0.717) is 35.9 Å². The first-order valence-corrected chi connectivity index (χ1v) is 10.4. The van der Waals surface area contributed by atoms with Crippen LogP contribution in [-0.4, -0.2) is 53.2 Å². The van der Waals surface area contributed by atoms with Gasteiger partial charge in [-0.3, -0.25) is 10.1 Å². The zero-order chi connectivity index (χ0) is 23.7. The molecule has 0 unspecified atom stereocenters. The highest BCUT2D eigenvalue weighted by Crippen LogP contribution is 2.33. The zero-order valence-electron chi connectivity index (χ0n) is 18.4. The van der Waals surface area contributed by atoms with E-state index in [1.54, 1.807) is 30.1 Å². The predicted molar refractivity (Wildman–Crippen MR) is 119 cm³/mol. The lowest BCUT2D eigenvalue weighted by Crippen LogP contribution is -2.08. The Morgan fingerprint density at radius 1 is 1.15 bits per heavy atom. The summed E-state index contributed by atoms with van der Waals surface area (Å²) in [6, 6.07) is 1.79. The van der Waals surface area contributed by atoms with Crippen LogP contribution in [0.1, 0.15) is 23.4 Å². The van der Waals surface area contributed by atoms with Gasteiger partial charge < -0.3 is 9.47 Å². The number of nitrogens with zero attached hydrogens (tertiary/aromatic N) is 8. The van der Waals surface area contributed by atoms with Crippen molar-refractivity contribution in [3.05, 3.63) is 50.8 Å². The molecule has 13 heteroatoms. The highest BCUT2D eigenvalue weighted by Gasteiger charge is 2.28. The summed E-state index contributed by atoms with van der Waals surface area (Å²) < 4.78 is 14.1. The minimum absolute atomic E-state index is 0.0760. The third kappa shape index (κ3) is 4.29. The van der Waals surface area contributed by atoms with Crippen molar-refractivity contribution >= 4 is 28.3 Å². The molecule has 0 aliphatic heterocycles. The molecule has 0 saturated heterocycles. The summed E-state index contributed by atoms with van der Waals surface area (Å²) in [7, 11) is 1.48. The number of rotatable bonds is 8. The lowest BCUT2D eigenvalue weighted by Gasteiger charge is -2.09. The number of aryl methyl sites for hydroxylation is 3. The summed E-state index contributed by atoms with van der Waals surface area (Å²) in [6.07, 6.45) is 3.79. The molecule has 0 spiro atoms. The zero-order valence-corrected chi connectivity index (χ0v) is 19.2. The molecule has 0 atom stereocenters. The quantitative estimate of drug-likeness (QED) is 0.163. The van der Waals surface area contributed by atoms with Gasteiger partial charge in [-0.15, -0.1) is 5.10 Å². The molecule has 0 N–H and O–H groups in total.